The Bertz CT molecular complexity index is 252. The Balaban J connectivity index is 4.01. The zero-order valence-electron chi connectivity index (χ0n) is 11.4. The van der Waals surface area contributed by atoms with Crippen LogP contribution in [0.3, 0.4) is 0 Å². The highest BCUT2D eigenvalue weighted by Gasteiger charge is 2.24. The first-order valence-corrected chi connectivity index (χ1v) is 6.91. The van der Waals surface area contributed by atoms with Crippen molar-refractivity contribution in [2.75, 3.05) is 6.61 Å². The van der Waals surface area contributed by atoms with Crippen LogP contribution < -0.4 is 0 Å². The summed E-state index contributed by atoms with van der Waals surface area (Å²) in [6, 6.07) is 0. The Kier molecular flexibility index (Phi) is 7.25. The smallest absolute Gasteiger partial charge is 0.195 e. The quantitative estimate of drug-likeness (QED) is 0.383. The summed E-state index contributed by atoms with van der Waals surface area (Å²) in [5.41, 5.74) is -1.12. The van der Waals surface area contributed by atoms with E-state index in [1.807, 2.05) is 34.6 Å². The summed E-state index contributed by atoms with van der Waals surface area (Å²) >= 11 is 1.78. The molecular weight excluding hydrogens is 330 g/mol. The summed E-state index contributed by atoms with van der Waals surface area (Å²) in [7, 11) is 5.98. The highest BCUT2D eigenvalue weighted by molar-refractivity contribution is 14.1. The predicted molar refractivity (Wildman–Crippen MR) is 78.7 cm³/mol. The molecule has 0 aromatic heterocycles. The molecule has 0 aromatic rings. The maximum Gasteiger partial charge on any atom is 0.195 e. The van der Waals surface area contributed by atoms with Gasteiger partial charge in [-0.15, -0.1) is 0 Å². The summed E-state index contributed by atoms with van der Waals surface area (Å²) < 4.78 is 11.3. The monoisotopic (exact) mass is 352 g/mol. The number of hydrogen-bond acceptors (Lipinski definition) is 3. The van der Waals surface area contributed by atoms with Gasteiger partial charge in [-0.3, -0.25) is 4.79 Å². The number of halogens is 1. The standard InChI is InChI=1S/C12H22BIO3/c1-9(2)17-12(5,13)6-7-16-11(3,4)8-10(14)15/h9H,6-8H2,1-5H3. The molecule has 0 rings (SSSR count). The Labute approximate surface area is 120 Å². The van der Waals surface area contributed by atoms with Gasteiger partial charge in [0.1, 0.15) is 7.85 Å². The van der Waals surface area contributed by atoms with Crippen molar-refractivity contribution in [3.8, 4) is 0 Å². The molecule has 98 valence electrons. The summed E-state index contributed by atoms with van der Waals surface area (Å²) in [4.78, 5) is 11.0. The van der Waals surface area contributed by atoms with E-state index in [0.29, 0.717) is 19.4 Å². The van der Waals surface area contributed by atoms with Crippen LogP contribution in [-0.4, -0.2) is 35.4 Å². The number of rotatable bonds is 8. The lowest BCUT2D eigenvalue weighted by molar-refractivity contribution is -0.116. The predicted octanol–water partition coefficient (Wildman–Crippen LogP) is 2.83. The van der Waals surface area contributed by atoms with Crippen molar-refractivity contribution in [1.29, 1.82) is 0 Å². The van der Waals surface area contributed by atoms with Crippen LogP contribution in [-0.2, 0) is 14.3 Å². The molecule has 1 unspecified atom stereocenters. The number of hydrogen-bond donors (Lipinski definition) is 0. The zero-order valence-corrected chi connectivity index (χ0v) is 13.5. The van der Waals surface area contributed by atoms with Crippen LogP contribution >= 0.6 is 22.6 Å². The number of carbonyl (C=O) groups is 1. The normalized spacial score (nSPS) is 15.9. The number of carbonyl (C=O) groups excluding carboxylic acids is 1. The maximum absolute atomic E-state index is 11.0. The molecule has 0 amide bonds. The van der Waals surface area contributed by atoms with Crippen molar-refractivity contribution < 1.29 is 14.3 Å². The van der Waals surface area contributed by atoms with Gasteiger partial charge in [-0.05, 0) is 63.6 Å². The maximum atomic E-state index is 11.0. The molecule has 0 saturated carbocycles. The summed E-state index contributed by atoms with van der Waals surface area (Å²) in [6.45, 7) is 10.0. The lowest BCUT2D eigenvalue weighted by atomic mass is 9.80. The van der Waals surface area contributed by atoms with Crippen LogP contribution in [0.1, 0.15) is 47.5 Å². The van der Waals surface area contributed by atoms with Crippen LogP contribution in [0, 0.1) is 0 Å². The van der Waals surface area contributed by atoms with E-state index in [1.165, 1.54) is 0 Å². The van der Waals surface area contributed by atoms with E-state index >= 15 is 0 Å². The first kappa shape index (κ1) is 17.4. The Morgan fingerprint density at radius 1 is 1.35 bits per heavy atom. The van der Waals surface area contributed by atoms with Crippen LogP contribution in [0.2, 0.25) is 0 Å². The largest absolute Gasteiger partial charge is 0.382 e. The molecule has 0 heterocycles. The molecule has 0 fully saturated rings. The van der Waals surface area contributed by atoms with Gasteiger partial charge in [0.25, 0.3) is 0 Å². The van der Waals surface area contributed by atoms with E-state index in [-0.39, 0.29) is 9.89 Å². The van der Waals surface area contributed by atoms with Gasteiger partial charge in [0, 0.05) is 18.5 Å². The first-order chi connectivity index (χ1) is 7.54. The van der Waals surface area contributed by atoms with E-state index in [0.717, 1.165) is 0 Å². The third kappa shape index (κ3) is 10.0. The third-order valence-electron chi connectivity index (χ3n) is 2.16. The van der Waals surface area contributed by atoms with Crippen LogP contribution in [0.5, 0.6) is 0 Å². The molecule has 3 nitrogen and oxygen atoms in total. The van der Waals surface area contributed by atoms with Crippen molar-refractivity contribution in [2.45, 2.75) is 64.7 Å². The molecule has 0 aromatic carbocycles. The second-order valence-corrected chi connectivity index (χ2v) is 6.57. The molecule has 0 spiro atoms. The van der Waals surface area contributed by atoms with Crippen molar-refractivity contribution >= 4 is 34.2 Å². The second kappa shape index (κ2) is 7.09. The molecular formula is C12H22BIO3. The van der Waals surface area contributed by atoms with Crippen LogP contribution in [0.25, 0.3) is 0 Å². The molecule has 0 aliphatic carbocycles. The van der Waals surface area contributed by atoms with E-state index in [1.54, 1.807) is 22.6 Å². The van der Waals surface area contributed by atoms with Crippen LogP contribution in [0.15, 0.2) is 0 Å². The minimum atomic E-state index is -0.682. The fourth-order valence-electron chi connectivity index (χ4n) is 1.51. The lowest BCUT2D eigenvalue weighted by Crippen LogP contribution is -2.35. The van der Waals surface area contributed by atoms with Gasteiger partial charge in [0.2, 0.25) is 0 Å². The number of ether oxygens (including phenoxy) is 2. The molecule has 0 bridgehead atoms. The molecule has 17 heavy (non-hydrogen) atoms. The topological polar surface area (TPSA) is 35.5 Å². The van der Waals surface area contributed by atoms with Gasteiger partial charge in [-0.2, -0.15) is 0 Å². The van der Waals surface area contributed by atoms with Crippen molar-refractivity contribution in [3.63, 3.8) is 0 Å². The van der Waals surface area contributed by atoms with Crippen molar-refractivity contribution in [2.24, 2.45) is 0 Å². The molecule has 0 N–H and O–H groups in total. The molecule has 5 heteroatoms. The molecule has 1 atom stereocenters. The fourth-order valence-corrected chi connectivity index (χ4v) is 2.43. The van der Waals surface area contributed by atoms with Gasteiger partial charge in [-0.1, -0.05) is 0 Å². The molecule has 0 saturated heterocycles. The van der Waals surface area contributed by atoms with Crippen LogP contribution in [0.4, 0.5) is 0 Å². The van der Waals surface area contributed by atoms with Gasteiger partial charge < -0.3 is 9.47 Å². The SMILES string of the molecule is [B]C(C)(CCOC(C)(C)CC(=O)I)OC(C)C. The Hall–Kier alpha value is 0.385. The highest BCUT2D eigenvalue weighted by atomic mass is 127. The van der Waals surface area contributed by atoms with E-state index < -0.39 is 11.1 Å². The van der Waals surface area contributed by atoms with Gasteiger partial charge in [0.05, 0.1) is 11.7 Å². The summed E-state index contributed by atoms with van der Waals surface area (Å²) in [6.07, 6.45) is 1.10. The minimum absolute atomic E-state index is 0.0916. The van der Waals surface area contributed by atoms with Gasteiger partial charge in [0.15, 0.2) is 3.79 Å². The van der Waals surface area contributed by atoms with Gasteiger partial charge >= 0.3 is 0 Å². The highest BCUT2D eigenvalue weighted by Crippen LogP contribution is 2.20. The minimum Gasteiger partial charge on any atom is -0.382 e. The molecule has 0 aliphatic rings. The second-order valence-electron chi connectivity index (χ2n) is 5.37. The Morgan fingerprint density at radius 2 is 1.88 bits per heavy atom. The average Bonchev–Trinajstić information content (AvgIpc) is 1.96. The first-order valence-electron chi connectivity index (χ1n) is 5.83. The average molecular weight is 352 g/mol. The summed E-state index contributed by atoms with van der Waals surface area (Å²) in [5.74, 6) is 0. The third-order valence-corrected chi connectivity index (χ3v) is 2.54. The van der Waals surface area contributed by atoms with E-state index in [4.69, 9.17) is 17.3 Å². The van der Waals surface area contributed by atoms with Crippen molar-refractivity contribution in [1.82, 2.24) is 0 Å². The molecule has 2 radical (unpaired) electrons. The molecule has 0 aliphatic heterocycles. The Morgan fingerprint density at radius 3 is 2.29 bits per heavy atom. The zero-order chi connectivity index (χ0) is 13.7. The van der Waals surface area contributed by atoms with E-state index in [9.17, 15) is 4.79 Å². The lowest BCUT2D eigenvalue weighted by Gasteiger charge is -2.31. The summed E-state index contributed by atoms with van der Waals surface area (Å²) in [5, 5.41) is 0. The van der Waals surface area contributed by atoms with E-state index in [2.05, 4.69) is 0 Å². The van der Waals surface area contributed by atoms with Gasteiger partial charge in [-0.25, -0.2) is 0 Å². The van der Waals surface area contributed by atoms with Crippen molar-refractivity contribution in [3.05, 3.63) is 0 Å². The fraction of sp³-hybridized carbons (Fsp3) is 0.917.